The summed E-state index contributed by atoms with van der Waals surface area (Å²) in [5.41, 5.74) is -0.127. The summed E-state index contributed by atoms with van der Waals surface area (Å²) in [5.74, 6) is -1.58. The standard InChI is InChI=1S/C11H8ClNO4S/c12-5-1-2-6-7(3-5)13-11(17)10(9(6)16)18-4-8(14)15/h1-3H,4H2,(H,14,15)(H2,13,16,17). The topological polar surface area (TPSA) is 90.4 Å². The summed E-state index contributed by atoms with van der Waals surface area (Å²) in [6, 6.07) is 4.66. The second-order valence-corrected chi connectivity index (χ2v) is 4.93. The summed E-state index contributed by atoms with van der Waals surface area (Å²) in [4.78, 5) is 24.7. The van der Waals surface area contributed by atoms with Crippen LogP contribution in [0.25, 0.3) is 10.9 Å². The third kappa shape index (κ3) is 2.44. The third-order valence-corrected chi connectivity index (χ3v) is 3.54. The average Bonchev–Trinajstić information content (AvgIpc) is 2.27. The Balaban J connectivity index is 2.58. The molecular weight excluding hydrogens is 278 g/mol. The van der Waals surface area contributed by atoms with E-state index in [0.29, 0.717) is 15.9 Å². The molecular formula is C11H8ClNO4S. The second kappa shape index (κ2) is 4.91. The van der Waals surface area contributed by atoms with Crippen molar-refractivity contribution in [1.82, 2.24) is 4.98 Å². The molecule has 5 nitrogen and oxygen atoms in total. The van der Waals surface area contributed by atoms with Gasteiger partial charge in [0, 0.05) is 10.4 Å². The maximum atomic E-state index is 11.7. The number of halogens is 1. The van der Waals surface area contributed by atoms with Crippen molar-refractivity contribution < 1.29 is 15.0 Å². The molecule has 3 N–H and O–H groups in total. The van der Waals surface area contributed by atoms with Crippen LogP contribution in [0.15, 0.2) is 27.9 Å². The van der Waals surface area contributed by atoms with E-state index in [0.717, 1.165) is 11.8 Å². The van der Waals surface area contributed by atoms with E-state index < -0.39 is 11.5 Å². The summed E-state index contributed by atoms with van der Waals surface area (Å²) in [6.45, 7) is 0. The first-order valence-electron chi connectivity index (χ1n) is 4.88. The molecule has 0 spiro atoms. The van der Waals surface area contributed by atoms with Crippen molar-refractivity contribution in [2.45, 2.75) is 4.90 Å². The van der Waals surface area contributed by atoms with Gasteiger partial charge in [-0.05, 0) is 18.2 Å². The molecule has 0 aliphatic rings. The number of aromatic hydroxyl groups is 1. The van der Waals surface area contributed by atoms with Crippen LogP contribution in [0.2, 0.25) is 5.02 Å². The number of thioether (sulfide) groups is 1. The number of nitrogens with one attached hydrogen (secondary N) is 1. The number of hydrogen-bond donors (Lipinski definition) is 3. The van der Waals surface area contributed by atoms with E-state index in [1.54, 1.807) is 12.1 Å². The Hall–Kier alpha value is -1.66. The predicted molar refractivity (Wildman–Crippen MR) is 69.6 cm³/mol. The van der Waals surface area contributed by atoms with Crippen LogP contribution in [-0.4, -0.2) is 26.9 Å². The van der Waals surface area contributed by atoms with Gasteiger partial charge in [-0.25, -0.2) is 0 Å². The van der Waals surface area contributed by atoms with Crippen molar-refractivity contribution in [2.24, 2.45) is 0 Å². The number of rotatable bonds is 3. The lowest BCUT2D eigenvalue weighted by Crippen LogP contribution is -2.10. The highest BCUT2D eigenvalue weighted by atomic mass is 35.5. The molecule has 0 bridgehead atoms. The van der Waals surface area contributed by atoms with Gasteiger partial charge in [0.1, 0.15) is 10.6 Å². The molecule has 0 radical (unpaired) electrons. The van der Waals surface area contributed by atoms with Crippen molar-refractivity contribution in [1.29, 1.82) is 0 Å². The number of aromatic amines is 1. The molecule has 0 fully saturated rings. The van der Waals surface area contributed by atoms with Crippen LogP contribution in [0.1, 0.15) is 0 Å². The van der Waals surface area contributed by atoms with Crippen LogP contribution < -0.4 is 5.56 Å². The SMILES string of the molecule is O=C(O)CSc1c(O)c2ccc(Cl)cc2[nH]c1=O. The monoisotopic (exact) mass is 285 g/mol. The molecule has 1 heterocycles. The van der Waals surface area contributed by atoms with Gasteiger partial charge in [0.2, 0.25) is 0 Å². The van der Waals surface area contributed by atoms with Crippen LogP contribution in [0, 0.1) is 0 Å². The lowest BCUT2D eigenvalue weighted by Gasteiger charge is -2.06. The van der Waals surface area contributed by atoms with E-state index in [1.807, 2.05) is 0 Å². The van der Waals surface area contributed by atoms with Gasteiger partial charge in [-0.2, -0.15) is 0 Å². The number of pyridine rings is 1. The van der Waals surface area contributed by atoms with Gasteiger partial charge in [0.05, 0.1) is 11.3 Å². The second-order valence-electron chi connectivity index (χ2n) is 3.50. The van der Waals surface area contributed by atoms with Crippen LogP contribution in [0.3, 0.4) is 0 Å². The molecule has 7 heteroatoms. The summed E-state index contributed by atoms with van der Waals surface area (Å²) in [6.07, 6.45) is 0. The first-order chi connectivity index (χ1) is 8.49. The first-order valence-corrected chi connectivity index (χ1v) is 6.24. The van der Waals surface area contributed by atoms with Crippen molar-refractivity contribution in [3.05, 3.63) is 33.6 Å². The average molecular weight is 286 g/mol. The molecule has 0 saturated heterocycles. The fourth-order valence-electron chi connectivity index (χ4n) is 1.50. The zero-order chi connectivity index (χ0) is 13.3. The smallest absolute Gasteiger partial charge is 0.313 e. The lowest BCUT2D eigenvalue weighted by molar-refractivity contribution is -0.133. The first kappa shape index (κ1) is 12.8. The number of aromatic nitrogens is 1. The minimum atomic E-state index is -1.06. The molecule has 0 unspecified atom stereocenters. The number of fused-ring (bicyclic) bond motifs is 1. The largest absolute Gasteiger partial charge is 0.506 e. The van der Waals surface area contributed by atoms with Gasteiger partial charge < -0.3 is 15.2 Å². The molecule has 1 aromatic carbocycles. The molecule has 0 atom stereocenters. The fraction of sp³-hybridized carbons (Fsp3) is 0.0909. The maximum Gasteiger partial charge on any atom is 0.313 e. The highest BCUT2D eigenvalue weighted by molar-refractivity contribution is 8.00. The van der Waals surface area contributed by atoms with E-state index in [-0.39, 0.29) is 16.4 Å². The Morgan fingerprint density at radius 3 is 2.83 bits per heavy atom. The lowest BCUT2D eigenvalue weighted by atomic mass is 10.2. The van der Waals surface area contributed by atoms with Gasteiger partial charge in [-0.1, -0.05) is 11.6 Å². The highest BCUT2D eigenvalue weighted by Crippen LogP contribution is 2.32. The molecule has 2 rings (SSSR count). The van der Waals surface area contributed by atoms with Gasteiger partial charge in [0.25, 0.3) is 5.56 Å². The summed E-state index contributed by atoms with van der Waals surface area (Å²) < 4.78 is 0. The zero-order valence-corrected chi connectivity index (χ0v) is 10.5. The van der Waals surface area contributed by atoms with E-state index in [4.69, 9.17) is 16.7 Å². The third-order valence-electron chi connectivity index (χ3n) is 2.25. The van der Waals surface area contributed by atoms with Crippen LogP contribution >= 0.6 is 23.4 Å². The molecule has 18 heavy (non-hydrogen) atoms. The minimum absolute atomic E-state index is 0.00720. The number of carboxylic acids is 1. The van der Waals surface area contributed by atoms with Crippen molar-refractivity contribution in [2.75, 3.05) is 5.75 Å². The normalized spacial score (nSPS) is 10.7. The van der Waals surface area contributed by atoms with E-state index in [2.05, 4.69) is 4.98 Å². The summed E-state index contributed by atoms with van der Waals surface area (Å²) in [7, 11) is 0. The Morgan fingerprint density at radius 2 is 2.17 bits per heavy atom. The molecule has 1 aromatic heterocycles. The van der Waals surface area contributed by atoms with Crippen LogP contribution in [0.5, 0.6) is 5.75 Å². The van der Waals surface area contributed by atoms with Crippen LogP contribution in [0.4, 0.5) is 0 Å². The summed E-state index contributed by atoms with van der Waals surface area (Å²) >= 11 is 6.55. The van der Waals surface area contributed by atoms with Crippen molar-refractivity contribution in [3.8, 4) is 5.75 Å². The molecule has 0 aliphatic heterocycles. The van der Waals surface area contributed by atoms with E-state index in [9.17, 15) is 14.7 Å². The highest BCUT2D eigenvalue weighted by Gasteiger charge is 2.13. The Labute approximate surface area is 110 Å². The number of H-pyrrole nitrogens is 1. The minimum Gasteiger partial charge on any atom is -0.506 e. The van der Waals surface area contributed by atoms with Gasteiger partial charge >= 0.3 is 5.97 Å². The predicted octanol–water partition coefficient (Wildman–Crippen LogP) is 2.06. The summed E-state index contributed by atoms with van der Waals surface area (Å²) in [5, 5.41) is 19.4. The molecule has 94 valence electrons. The van der Waals surface area contributed by atoms with Crippen molar-refractivity contribution >= 4 is 40.2 Å². The van der Waals surface area contributed by atoms with Crippen LogP contribution in [-0.2, 0) is 4.79 Å². The Morgan fingerprint density at radius 1 is 1.44 bits per heavy atom. The zero-order valence-electron chi connectivity index (χ0n) is 8.94. The van der Waals surface area contributed by atoms with Crippen molar-refractivity contribution in [3.63, 3.8) is 0 Å². The van der Waals surface area contributed by atoms with Gasteiger partial charge in [0.15, 0.2) is 0 Å². The van der Waals surface area contributed by atoms with E-state index >= 15 is 0 Å². The molecule has 2 aromatic rings. The molecule has 0 aliphatic carbocycles. The number of carboxylic acid groups (broad SMARTS) is 1. The van der Waals surface area contributed by atoms with Gasteiger partial charge in [-0.3, -0.25) is 9.59 Å². The molecule has 0 amide bonds. The number of aliphatic carboxylic acids is 1. The molecule has 0 saturated carbocycles. The Kier molecular flexibility index (Phi) is 3.49. The van der Waals surface area contributed by atoms with E-state index in [1.165, 1.54) is 6.07 Å². The fourth-order valence-corrected chi connectivity index (χ4v) is 2.37. The number of carbonyl (C=O) groups is 1. The quantitative estimate of drug-likeness (QED) is 0.751. The number of benzene rings is 1. The van der Waals surface area contributed by atoms with Gasteiger partial charge in [-0.15, -0.1) is 11.8 Å². The Bertz CT molecular complexity index is 683. The number of hydrogen-bond acceptors (Lipinski definition) is 4. The maximum absolute atomic E-state index is 11.7.